The van der Waals surface area contributed by atoms with E-state index in [1.165, 1.54) is 13.2 Å². The summed E-state index contributed by atoms with van der Waals surface area (Å²) in [6.07, 6.45) is -0.0844. The predicted octanol–water partition coefficient (Wildman–Crippen LogP) is 2.08. The summed E-state index contributed by atoms with van der Waals surface area (Å²) in [5.41, 5.74) is 2.53. The third-order valence-electron chi connectivity index (χ3n) is 3.36. The number of carbonyl (C=O) groups excluding carboxylic acids is 2. The molecule has 0 bridgehead atoms. The Labute approximate surface area is 143 Å². The van der Waals surface area contributed by atoms with Gasteiger partial charge in [-0.25, -0.2) is 4.98 Å². The van der Waals surface area contributed by atoms with Gasteiger partial charge in [0, 0.05) is 11.6 Å². The highest BCUT2D eigenvalue weighted by Gasteiger charge is 2.12. The van der Waals surface area contributed by atoms with Gasteiger partial charge in [-0.05, 0) is 25.5 Å². The SMILES string of the molecule is COC(=O)Cc1cc(=O)[nH]c(SCC(=O)c2cc(C)ccc2C)n1. The normalized spacial score (nSPS) is 10.5. The fraction of sp³-hybridized carbons (Fsp3) is 0.294. The molecule has 0 unspecified atom stereocenters. The van der Waals surface area contributed by atoms with Crippen molar-refractivity contribution in [1.82, 2.24) is 9.97 Å². The first kappa shape index (κ1) is 17.9. The maximum Gasteiger partial charge on any atom is 0.311 e. The van der Waals surface area contributed by atoms with Crippen LogP contribution in [0.2, 0.25) is 0 Å². The number of H-pyrrole nitrogens is 1. The molecule has 0 saturated carbocycles. The van der Waals surface area contributed by atoms with E-state index in [4.69, 9.17) is 0 Å². The maximum absolute atomic E-state index is 12.4. The molecule has 1 aromatic heterocycles. The van der Waals surface area contributed by atoms with Crippen molar-refractivity contribution in [2.75, 3.05) is 12.9 Å². The van der Waals surface area contributed by atoms with Gasteiger partial charge in [0.15, 0.2) is 10.9 Å². The minimum Gasteiger partial charge on any atom is -0.469 e. The highest BCUT2D eigenvalue weighted by Crippen LogP contribution is 2.17. The maximum atomic E-state index is 12.4. The number of carbonyl (C=O) groups is 2. The number of esters is 1. The Morgan fingerprint density at radius 2 is 2.00 bits per heavy atom. The predicted molar refractivity (Wildman–Crippen MR) is 91.5 cm³/mol. The van der Waals surface area contributed by atoms with Crippen LogP contribution < -0.4 is 5.56 Å². The van der Waals surface area contributed by atoms with Crippen LogP contribution in [0.25, 0.3) is 0 Å². The third kappa shape index (κ3) is 4.79. The van der Waals surface area contributed by atoms with Crippen molar-refractivity contribution < 1.29 is 14.3 Å². The van der Waals surface area contributed by atoms with Gasteiger partial charge < -0.3 is 9.72 Å². The number of methoxy groups -OCH3 is 1. The summed E-state index contributed by atoms with van der Waals surface area (Å²) in [6.45, 7) is 3.81. The van der Waals surface area contributed by atoms with Crippen LogP contribution in [0, 0.1) is 13.8 Å². The van der Waals surface area contributed by atoms with Crippen molar-refractivity contribution in [3.05, 3.63) is 57.0 Å². The molecule has 0 amide bonds. The molecule has 0 saturated heterocycles. The number of rotatable bonds is 6. The summed E-state index contributed by atoms with van der Waals surface area (Å²) in [5, 5.41) is 0.306. The third-order valence-corrected chi connectivity index (χ3v) is 4.23. The lowest BCUT2D eigenvalue weighted by atomic mass is 10.0. The zero-order valence-corrected chi connectivity index (χ0v) is 14.5. The van der Waals surface area contributed by atoms with Crippen molar-refractivity contribution in [2.45, 2.75) is 25.4 Å². The van der Waals surface area contributed by atoms with Gasteiger partial charge >= 0.3 is 5.97 Å². The van der Waals surface area contributed by atoms with Crippen molar-refractivity contribution in [1.29, 1.82) is 0 Å². The molecule has 0 aliphatic rings. The number of nitrogens with zero attached hydrogens (tertiary/aromatic N) is 1. The number of aromatic amines is 1. The van der Waals surface area contributed by atoms with Gasteiger partial charge in [-0.15, -0.1) is 0 Å². The van der Waals surface area contributed by atoms with Gasteiger partial charge in [0.05, 0.1) is 25.0 Å². The van der Waals surface area contributed by atoms with E-state index < -0.39 is 5.97 Å². The smallest absolute Gasteiger partial charge is 0.311 e. The summed E-state index contributed by atoms with van der Waals surface area (Å²) in [5.74, 6) is -0.368. The number of benzene rings is 1. The van der Waals surface area contributed by atoms with E-state index in [1.54, 1.807) is 0 Å². The number of nitrogens with one attached hydrogen (secondary N) is 1. The minimum atomic E-state index is -0.476. The first-order valence-electron chi connectivity index (χ1n) is 7.29. The second kappa shape index (κ2) is 7.92. The quantitative estimate of drug-likeness (QED) is 0.373. The van der Waals surface area contributed by atoms with Crippen LogP contribution in [-0.2, 0) is 16.0 Å². The van der Waals surface area contributed by atoms with Crippen LogP contribution in [0.1, 0.15) is 27.2 Å². The van der Waals surface area contributed by atoms with Crippen molar-refractivity contribution >= 4 is 23.5 Å². The van der Waals surface area contributed by atoms with E-state index >= 15 is 0 Å². The van der Waals surface area contributed by atoms with Crippen LogP contribution in [0.15, 0.2) is 34.2 Å². The summed E-state index contributed by atoms with van der Waals surface area (Å²) in [4.78, 5) is 42.1. The van der Waals surface area contributed by atoms with E-state index in [1.807, 2.05) is 32.0 Å². The summed E-state index contributed by atoms with van der Waals surface area (Å²) in [7, 11) is 1.27. The molecule has 0 radical (unpaired) electrons. The summed E-state index contributed by atoms with van der Waals surface area (Å²) < 4.78 is 4.56. The average molecular weight is 346 g/mol. The number of ketones is 1. The second-order valence-electron chi connectivity index (χ2n) is 5.33. The number of hydrogen-bond donors (Lipinski definition) is 1. The van der Waals surface area contributed by atoms with Crippen LogP contribution >= 0.6 is 11.8 Å². The fourth-order valence-electron chi connectivity index (χ4n) is 2.11. The summed E-state index contributed by atoms with van der Waals surface area (Å²) >= 11 is 1.13. The van der Waals surface area contributed by atoms with Gasteiger partial charge in [0.2, 0.25) is 0 Å². The number of aryl methyl sites for hydroxylation is 2. The number of hydrogen-bond acceptors (Lipinski definition) is 6. The Kier molecular flexibility index (Phi) is 5.92. The average Bonchev–Trinajstić information content (AvgIpc) is 2.54. The highest BCUT2D eigenvalue weighted by molar-refractivity contribution is 7.99. The molecule has 7 heteroatoms. The van der Waals surface area contributed by atoms with E-state index in [0.29, 0.717) is 16.4 Å². The largest absolute Gasteiger partial charge is 0.469 e. The fourth-order valence-corrected chi connectivity index (χ4v) is 2.89. The molecule has 2 rings (SSSR count). The molecular formula is C17H18N2O4S. The molecule has 1 heterocycles. The topological polar surface area (TPSA) is 89.1 Å². The van der Waals surface area contributed by atoms with Crippen LogP contribution in [0.5, 0.6) is 0 Å². The number of aromatic nitrogens is 2. The molecule has 0 spiro atoms. The molecule has 126 valence electrons. The van der Waals surface area contributed by atoms with Gasteiger partial charge in [-0.1, -0.05) is 29.5 Å². The Morgan fingerprint density at radius 1 is 1.25 bits per heavy atom. The standard InChI is InChI=1S/C17H18N2O4S/c1-10-4-5-11(2)13(6-10)14(20)9-24-17-18-12(7-15(21)19-17)8-16(22)23-3/h4-7H,8-9H2,1-3H3,(H,18,19,21). The molecule has 24 heavy (non-hydrogen) atoms. The number of ether oxygens (including phenoxy) is 1. The highest BCUT2D eigenvalue weighted by atomic mass is 32.2. The molecule has 1 aromatic carbocycles. The second-order valence-corrected chi connectivity index (χ2v) is 6.29. The first-order chi connectivity index (χ1) is 11.4. The van der Waals surface area contributed by atoms with Gasteiger partial charge in [0.1, 0.15) is 0 Å². The van der Waals surface area contributed by atoms with Crippen molar-refractivity contribution in [3.63, 3.8) is 0 Å². The molecular weight excluding hydrogens is 328 g/mol. The van der Waals surface area contributed by atoms with Crippen LogP contribution in [0.4, 0.5) is 0 Å². The van der Waals surface area contributed by atoms with E-state index in [0.717, 1.165) is 22.9 Å². The van der Waals surface area contributed by atoms with Gasteiger partial charge in [0.25, 0.3) is 5.56 Å². The molecule has 2 aromatic rings. The Balaban J connectivity index is 2.11. The van der Waals surface area contributed by atoms with E-state index in [2.05, 4.69) is 14.7 Å². The Bertz CT molecular complexity index is 830. The van der Waals surface area contributed by atoms with E-state index in [9.17, 15) is 14.4 Å². The van der Waals surface area contributed by atoms with E-state index in [-0.39, 0.29) is 23.5 Å². The molecule has 0 fully saturated rings. The van der Waals surface area contributed by atoms with Gasteiger partial charge in [-0.3, -0.25) is 14.4 Å². The van der Waals surface area contributed by atoms with Crippen molar-refractivity contribution in [3.8, 4) is 0 Å². The lowest BCUT2D eigenvalue weighted by Gasteiger charge is -2.06. The first-order valence-corrected chi connectivity index (χ1v) is 8.28. The number of Topliss-reactive ketones (excluding diaryl/α,β-unsaturated/α-hetero) is 1. The molecule has 6 nitrogen and oxygen atoms in total. The molecule has 0 atom stereocenters. The molecule has 0 aliphatic carbocycles. The van der Waals surface area contributed by atoms with Crippen molar-refractivity contribution in [2.24, 2.45) is 0 Å². The Hall–Kier alpha value is -2.41. The number of thioether (sulfide) groups is 1. The Morgan fingerprint density at radius 3 is 2.71 bits per heavy atom. The molecule has 0 aliphatic heterocycles. The molecule has 1 N–H and O–H groups in total. The van der Waals surface area contributed by atoms with Crippen LogP contribution in [0.3, 0.4) is 0 Å². The van der Waals surface area contributed by atoms with Gasteiger partial charge in [-0.2, -0.15) is 0 Å². The van der Waals surface area contributed by atoms with Crippen LogP contribution in [-0.4, -0.2) is 34.6 Å². The minimum absolute atomic E-state index is 0.0396. The lowest BCUT2D eigenvalue weighted by Crippen LogP contribution is -2.14. The zero-order chi connectivity index (χ0) is 17.7. The zero-order valence-electron chi connectivity index (χ0n) is 13.7. The summed E-state index contributed by atoms with van der Waals surface area (Å²) in [6, 6.07) is 6.95. The lowest BCUT2D eigenvalue weighted by molar-refractivity contribution is -0.139. The monoisotopic (exact) mass is 346 g/mol.